The van der Waals surface area contributed by atoms with E-state index in [1.54, 1.807) is 13.2 Å². The molecule has 1 heterocycles. The smallest absolute Gasteiger partial charge is 0.234 e. The van der Waals surface area contributed by atoms with Gasteiger partial charge in [-0.3, -0.25) is 9.36 Å². The van der Waals surface area contributed by atoms with Gasteiger partial charge in [0.2, 0.25) is 5.91 Å². The second-order valence-corrected chi connectivity index (χ2v) is 8.52. The molecule has 1 unspecified atom stereocenters. The molecule has 0 saturated carbocycles. The van der Waals surface area contributed by atoms with Crippen LogP contribution < -0.4 is 14.8 Å². The highest BCUT2D eigenvalue weighted by molar-refractivity contribution is 7.99. The zero-order chi connectivity index (χ0) is 23.9. The summed E-state index contributed by atoms with van der Waals surface area (Å²) in [5.74, 6) is 2.21. The molecule has 0 aliphatic rings. The standard InChI is InChI=1S/C26H26N4O3S/c1-4-15-30-25(18(2)33-23-13-11-22(32-3)12-14-23)28-29-26(30)34-17-24(31)27-21-10-9-19-7-5-6-8-20(19)16-21/h4-14,16,18H,1,15,17H2,2-3H3,(H,27,31). The SMILES string of the molecule is C=CCn1c(SCC(=O)Nc2ccc3ccccc3c2)nnc1C(C)Oc1ccc(OC)cc1. The van der Waals surface area contributed by atoms with Crippen LogP contribution in [-0.2, 0) is 11.3 Å². The number of hydrogen-bond acceptors (Lipinski definition) is 6. The van der Waals surface area contributed by atoms with E-state index < -0.39 is 0 Å². The number of benzene rings is 3. The number of aromatic nitrogens is 3. The summed E-state index contributed by atoms with van der Waals surface area (Å²) in [6.45, 7) is 6.26. The Bertz CT molecular complexity index is 1290. The van der Waals surface area contributed by atoms with Crippen molar-refractivity contribution in [2.45, 2.75) is 24.7 Å². The van der Waals surface area contributed by atoms with Gasteiger partial charge < -0.3 is 14.8 Å². The van der Waals surface area contributed by atoms with Crippen molar-refractivity contribution in [1.29, 1.82) is 0 Å². The molecular weight excluding hydrogens is 448 g/mol. The molecule has 0 aliphatic carbocycles. The van der Waals surface area contributed by atoms with Crippen LogP contribution in [0.25, 0.3) is 10.8 Å². The van der Waals surface area contributed by atoms with Crippen LogP contribution in [-0.4, -0.2) is 33.5 Å². The van der Waals surface area contributed by atoms with E-state index in [1.807, 2.05) is 78.2 Å². The maximum absolute atomic E-state index is 12.6. The van der Waals surface area contributed by atoms with E-state index in [-0.39, 0.29) is 17.8 Å². The average molecular weight is 475 g/mol. The molecule has 0 bridgehead atoms. The Balaban J connectivity index is 1.40. The summed E-state index contributed by atoms with van der Waals surface area (Å²) < 4.78 is 13.1. The molecule has 1 N–H and O–H groups in total. The van der Waals surface area contributed by atoms with Gasteiger partial charge in [-0.1, -0.05) is 48.2 Å². The number of methoxy groups -OCH3 is 1. The summed E-state index contributed by atoms with van der Waals surface area (Å²) in [6.07, 6.45) is 1.42. The molecular formula is C26H26N4O3S. The second-order valence-electron chi connectivity index (χ2n) is 7.57. The van der Waals surface area contributed by atoms with Crippen molar-refractivity contribution < 1.29 is 14.3 Å². The molecule has 0 saturated heterocycles. The quantitative estimate of drug-likeness (QED) is 0.242. The van der Waals surface area contributed by atoms with E-state index in [2.05, 4.69) is 22.1 Å². The Morgan fingerprint density at radius 3 is 2.56 bits per heavy atom. The third-order valence-electron chi connectivity index (χ3n) is 5.16. The lowest BCUT2D eigenvalue weighted by Crippen LogP contribution is -2.15. The molecule has 0 radical (unpaired) electrons. The molecule has 4 rings (SSSR count). The number of amides is 1. The van der Waals surface area contributed by atoms with Crippen LogP contribution >= 0.6 is 11.8 Å². The Hall–Kier alpha value is -3.78. The lowest BCUT2D eigenvalue weighted by atomic mass is 10.1. The molecule has 1 aromatic heterocycles. The van der Waals surface area contributed by atoms with Gasteiger partial charge in [0.05, 0.1) is 12.9 Å². The van der Waals surface area contributed by atoms with Gasteiger partial charge in [-0.2, -0.15) is 0 Å². The van der Waals surface area contributed by atoms with Gasteiger partial charge in [-0.05, 0) is 54.1 Å². The molecule has 0 fully saturated rings. The number of hydrogen-bond donors (Lipinski definition) is 1. The van der Waals surface area contributed by atoms with Crippen molar-refractivity contribution in [2.75, 3.05) is 18.2 Å². The van der Waals surface area contributed by atoms with Crippen molar-refractivity contribution in [3.63, 3.8) is 0 Å². The second kappa shape index (κ2) is 10.9. The van der Waals surface area contributed by atoms with Crippen molar-refractivity contribution >= 4 is 34.1 Å². The van der Waals surface area contributed by atoms with E-state index >= 15 is 0 Å². The molecule has 4 aromatic rings. The summed E-state index contributed by atoms with van der Waals surface area (Å²) in [5, 5.41) is 14.4. The monoisotopic (exact) mass is 474 g/mol. The van der Waals surface area contributed by atoms with E-state index in [4.69, 9.17) is 9.47 Å². The summed E-state index contributed by atoms with van der Waals surface area (Å²) in [6, 6.07) is 21.3. The lowest BCUT2D eigenvalue weighted by molar-refractivity contribution is -0.113. The fourth-order valence-corrected chi connectivity index (χ4v) is 4.27. The summed E-state index contributed by atoms with van der Waals surface area (Å²) in [5.41, 5.74) is 0.763. The van der Waals surface area contributed by atoms with Crippen LogP contribution in [0.2, 0.25) is 0 Å². The number of thioether (sulfide) groups is 1. The Labute approximate surface area is 202 Å². The van der Waals surface area contributed by atoms with Crippen LogP contribution in [0.3, 0.4) is 0 Å². The number of nitrogens with zero attached hydrogens (tertiary/aromatic N) is 3. The number of fused-ring (bicyclic) bond motifs is 1. The van der Waals surface area contributed by atoms with Crippen molar-refractivity contribution in [3.8, 4) is 11.5 Å². The van der Waals surface area contributed by atoms with Gasteiger partial charge in [-0.25, -0.2) is 0 Å². The number of carbonyl (C=O) groups is 1. The lowest BCUT2D eigenvalue weighted by Gasteiger charge is -2.16. The van der Waals surface area contributed by atoms with Gasteiger partial charge in [0, 0.05) is 12.2 Å². The third kappa shape index (κ3) is 5.58. The first-order valence-electron chi connectivity index (χ1n) is 10.8. The topological polar surface area (TPSA) is 78.3 Å². The molecule has 0 aliphatic heterocycles. The maximum Gasteiger partial charge on any atom is 0.234 e. The first kappa shape index (κ1) is 23.4. The number of allylic oxidation sites excluding steroid dienone is 1. The van der Waals surface area contributed by atoms with Crippen molar-refractivity contribution in [1.82, 2.24) is 14.8 Å². The largest absolute Gasteiger partial charge is 0.497 e. The fourth-order valence-electron chi connectivity index (χ4n) is 3.51. The predicted molar refractivity (Wildman–Crippen MR) is 136 cm³/mol. The third-order valence-corrected chi connectivity index (χ3v) is 6.13. The van der Waals surface area contributed by atoms with Crippen LogP contribution in [0.15, 0.2) is 84.5 Å². The van der Waals surface area contributed by atoms with Gasteiger partial charge in [0.25, 0.3) is 0 Å². The normalized spacial score (nSPS) is 11.7. The Morgan fingerprint density at radius 1 is 1.09 bits per heavy atom. The van der Waals surface area contributed by atoms with Crippen LogP contribution in [0, 0.1) is 0 Å². The minimum atomic E-state index is -0.346. The molecule has 1 atom stereocenters. The minimum absolute atomic E-state index is 0.113. The highest BCUT2D eigenvalue weighted by Gasteiger charge is 2.20. The van der Waals surface area contributed by atoms with Crippen LogP contribution in [0.5, 0.6) is 11.5 Å². The Morgan fingerprint density at radius 2 is 1.82 bits per heavy atom. The molecule has 34 heavy (non-hydrogen) atoms. The zero-order valence-corrected chi connectivity index (χ0v) is 19.9. The van der Waals surface area contributed by atoms with Crippen molar-refractivity contribution in [2.24, 2.45) is 0 Å². The number of nitrogens with one attached hydrogen (secondary N) is 1. The van der Waals surface area contributed by atoms with Crippen LogP contribution in [0.1, 0.15) is 18.9 Å². The van der Waals surface area contributed by atoms with E-state index in [0.717, 1.165) is 22.2 Å². The number of anilines is 1. The van der Waals surface area contributed by atoms with Crippen LogP contribution in [0.4, 0.5) is 5.69 Å². The first-order chi connectivity index (χ1) is 16.6. The average Bonchev–Trinajstić information content (AvgIpc) is 3.26. The fraction of sp³-hybridized carbons (Fsp3) is 0.192. The predicted octanol–water partition coefficient (Wildman–Crippen LogP) is 5.50. The molecule has 0 spiro atoms. The first-order valence-corrected chi connectivity index (χ1v) is 11.8. The molecule has 174 valence electrons. The molecule has 8 heteroatoms. The van der Waals surface area contributed by atoms with Crippen molar-refractivity contribution in [3.05, 3.63) is 85.2 Å². The van der Waals surface area contributed by atoms with E-state index in [0.29, 0.717) is 23.3 Å². The summed E-state index contributed by atoms with van der Waals surface area (Å²) in [7, 11) is 1.62. The highest BCUT2D eigenvalue weighted by Crippen LogP contribution is 2.26. The summed E-state index contributed by atoms with van der Waals surface area (Å²) in [4.78, 5) is 12.6. The number of ether oxygens (including phenoxy) is 2. The number of rotatable bonds is 10. The van der Waals surface area contributed by atoms with E-state index in [1.165, 1.54) is 11.8 Å². The molecule has 7 nitrogen and oxygen atoms in total. The zero-order valence-electron chi connectivity index (χ0n) is 19.1. The van der Waals surface area contributed by atoms with Gasteiger partial charge >= 0.3 is 0 Å². The number of carbonyl (C=O) groups excluding carboxylic acids is 1. The van der Waals surface area contributed by atoms with Gasteiger partial charge in [0.15, 0.2) is 17.1 Å². The molecule has 1 amide bonds. The Kier molecular flexibility index (Phi) is 7.49. The maximum atomic E-state index is 12.6. The molecule has 3 aromatic carbocycles. The van der Waals surface area contributed by atoms with E-state index in [9.17, 15) is 4.79 Å². The summed E-state index contributed by atoms with van der Waals surface area (Å²) >= 11 is 1.32. The highest BCUT2D eigenvalue weighted by atomic mass is 32.2. The minimum Gasteiger partial charge on any atom is -0.497 e. The van der Waals surface area contributed by atoms with Gasteiger partial charge in [-0.15, -0.1) is 16.8 Å². The van der Waals surface area contributed by atoms with Gasteiger partial charge in [0.1, 0.15) is 11.5 Å².